The number of hydrogen-bond acceptors (Lipinski definition) is 6. The summed E-state index contributed by atoms with van der Waals surface area (Å²) in [5.41, 5.74) is -0.871. The highest BCUT2D eigenvalue weighted by molar-refractivity contribution is 5.93. The number of unbranched alkanes of at least 4 members (excludes halogenated alkanes) is 12. The van der Waals surface area contributed by atoms with Crippen LogP contribution < -0.4 is 0 Å². The van der Waals surface area contributed by atoms with E-state index < -0.39 is 17.2 Å². The minimum Gasteiger partial charge on any atom is -0.508 e. The summed E-state index contributed by atoms with van der Waals surface area (Å²) >= 11 is 0. The van der Waals surface area contributed by atoms with Crippen LogP contribution >= 0.6 is 0 Å². The van der Waals surface area contributed by atoms with Crippen LogP contribution in [0.25, 0.3) is 0 Å². The molecule has 0 aliphatic heterocycles. The van der Waals surface area contributed by atoms with Crippen molar-refractivity contribution in [3.05, 3.63) is 35.4 Å². The van der Waals surface area contributed by atoms with Gasteiger partial charge in [0.05, 0.1) is 0 Å². The van der Waals surface area contributed by atoms with Gasteiger partial charge < -0.3 is 19.7 Å². The monoisotopic (exact) mass is 596 g/mol. The zero-order chi connectivity index (χ0) is 31.1. The fourth-order valence-corrected chi connectivity index (χ4v) is 8.24. The van der Waals surface area contributed by atoms with Crippen LogP contribution in [0.2, 0.25) is 0 Å². The van der Waals surface area contributed by atoms with Crippen molar-refractivity contribution in [3.63, 3.8) is 0 Å². The summed E-state index contributed by atoms with van der Waals surface area (Å²) in [6.07, 6.45) is 22.0. The van der Waals surface area contributed by atoms with E-state index in [0.717, 1.165) is 43.7 Å². The Morgan fingerprint density at radius 2 is 1.44 bits per heavy atom. The van der Waals surface area contributed by atoms with Gasteiger partial charge in [-0.1, -0.05) is 104 Å². The van der Waals surface area contributed by atoms with Gasteiger partial charge in [-0.3, -0.25) is 4.79 Å². The predicted octanol–water partition coefficient (Wildman–Crippen LogP) is 9.56. The highest BCUT2D eigenvalue weighted by Gasteiger charge is 2.73. The summed E-state index contributed by atoms with van der Waals surface area (Å²) in [7, 11) is 0. The molecule has 6 heteroatoms. The molecule has 3 aliphatic carbocycles. The number of ether oxygens (including phenoxy) is 2. The number of carbonyl (C=O) groups is 2. The lowest BCUT2D eigenvalue weighted by atomic mass is 9.51. The predicted molar refractivity (Wildman–Crippen MR) is 170 cm³/mol. The molecule has 0 spiro atoms. The molecule has 2 saturated carbocycles. The summed E-state index contributed by atoms with van der Waals surface area (Å²) < 4.78 is 12.8. The van der Waals surface area contributed by atoms with Crippen LogP contribution in [0.1, 0.15) is 154 Å². The molecule has 3 aliphatic rings. The van der Waals surface area contributed by atoms with E-state index in [0.29, 0.717) is 19.3 Å². The molecule has 0 bridgehead atoms. The van der Waals surface area contributed by atoms with Gasteiger partial charge in [-0.2, -0.15) is 0 Å². The SMILES string of the molecule is CCCCCCCCCCCCCCCC(=O)O[C@]12CC[C@@]1(OC(=O)c1ccc(O)cc1O)[C@@H]1CC(C)(C)C[C@@H]1C=C2C. The van der Waals surface area contributed by atoms with Gasteiger partial charge in [0.1, 0.15) is 17.1 Å². The first-order chi connectivity index (χ1) is 20.5. The van der Waals surface area contributed by atoms with E-state index in [1.165, 1.54) is 76.3 Å². The standard InChI is InChI=1S/C37H56O6/c1-5-6-7-8-9-10-11-12-13-14-15-16-17-18-33(40)42-36-21-22-37(36,31-26-35(3,4)25-28(31)23-27(36)2)43-34(41)30-20-19-29(38)24-32(30)39/h19-20,23-24,28,31,38-39H,5-18,21-22,25-26H2,1-4H3/t28-,31+,36-,37+/m0/s1. The lowest BCUT2D eigenvalue weighted by molar-refractivity contribution is -0.252. The van der Waals surface area contributed by atoms with E-state index in [1.54, 1.807) is 0 Å². The molecule has 4 rings (SSSR count). The maximum atomic E-state index is 13.5. The molecular formula is C37H56O6. The Morgan fingerprint density at radius 1 is 0.837 bits per heavy atom. The lowest BCUT2D eigenvalue weighted by Gasteiger charge is -2.62. The molecule has 43 heavy (non-hydrogen) atoms. The summed E-state index contributed by atoms with van der Waals surface area (Å²) in [6, 6.07) is 3.89. The molecule has 2 fully saturated rings. The van der Waals surface area contributed by atoms with Crippen molar-refractivity contribution in [1.82, 2.24) is 0 Å². The summed E-state index contributed by atoms with van der Waals surface area (Å²) in [5.74, 6) is -1.04. The third-order valence-corrected chi connectivity index (χ3v) is 10.6. The maximum absolute atomic E-state index is 13.5. The number of aromatic hydroxyl groups is 2. The van der Waals surface area contributed by atoms with Crippen molar-refractivity contribution in [3.8, 4) is 11.5 Å². The zero-order valence-electron chi connectivity index (χ0n) is 27.2. The normalized spacial score (nSPS) is 27.0. The number of phenolic OH excluding ortho intramolecular Hbond substituents is 2. The molecule has 0 heterocycles. The molecule has 6 nitrogen and oxygen atoms in total. The minimum absolute atomic E-state index is 0.00675. The van der Waals surface area contributed by atoms with Gasteiger partial charge in [0.25, 0.3) is 0 Å². The first-order valence-corrected chi connectivity index (χ1v) is 17.2. The van der Waals surface area contributed by atoms with Gasteiger partial charge in [-0.25, -0.2) is 4.79 Å². The highest BCUT2D eigenvalue weighted by Crippen LogP contribution is 2.66. The fourth-order valence-electron chi connectivity index (χ4n) is 8.24. The third-order valence-electron chi connectivity index (χ3n) is 10.6. The Balaban J connectivity index is 1.32. The molecule has 1 aromatic carbocycles. The molecule has 0 saturated heterocycles. The smallest absolute Gasteiger partial charge is 0.342 e. The number of benzene rings is 1. The largest absolute Gasteiger partial charge is 0.508 e. The molecule has 1 aromatic rings. The molecule has 240 valence electrons. The van der Waals surface area contributed by atoms with Crippen LogP contribution in [0.5, 0.6) is 11.5 Å². The summed E-state index contributed by atoms with van der Waals surface area (Å²) in [4.78, 5) is 26.8. The van der Waals surface area contributed by atoms with Gasteiger partial charge in [0, 0.05) is 18.4 Å². The summed E-state index contributed by atoms with van der Waals surface area (Å²) in [6.45, 7) is 8.77. The number of allylic oxidation sites excluding steroid dienone is 1. The van der Waals surface area contributed by atoms with Crippen LogP contribution in [0.3, 0.4) is 0 Å². The average molecular weight is 597 g/mol. The Morgan fingerprint density at radius 3 is 2.00 bits per heavy atom. The van der Waals surface area contributed by atoms with E-state index >= 15 is 0 Å². The van der Waals surface area contributed by atoms with E-state index in [-0.39, 0.29) is 40.3 Å². The number of fused-ring (bicyclic) bond motifs is 3. The van der Waals surface area contributed by atoms with Crippen molar-refractivity contribution in [2.24, 2.45) is 17.3 Å². The van der Waals surface area contributed by atoms with Crippen LogP contribution in [0.4, 0.5) is 0 Å². The second-order valence-corrected chi connectivity index (χ2v) is 14.5. The number of hydrogen-bond donors (Lipinski definition) is 2. The van der Waals surface area contributed by atoms with Crippen molar-refractivity contribution >= 4 is 11.9 Å². The number of rotatable bonds is 17. The highest BCUT2D eigenvalue weighted by atomic mass is 16.6. The number of phenols is 2. The van der Waals surface area contributed by atoms with Crippen LogP contribution in [0, 0.1) is 17.3 Å². The topological polar surface area (TPSA) is 93.1 Å². The van der Waals surface area contributed by atoms with E-state index in [2.05, 4.69) is 26.8 Å². The first kappa shape index (κ1) is 33.4. The van der Waals surface area contributed by atoms with Crippen LogP contribution in [-0.2, 0) is 14.3 Å². The summed E-state index contributed by atoms with van der Waals surface area (Å²) in [5, 5.41) is 20.1. The Labute approximate surface area is 259 Å². The second-order valence-electron chi connectivity index (χ2n) is 14.5. The quantitative estimate of drug-likeness (QED) is 0.106. The van der Waals surface area contributed by atoms with Crippen LogP contribution in [-0.4, -0.2) is 33.4 Å². The zero-order valence-corrected chi connectivity index (χ0v) is 27.2. The van der Waals surface area contributed by atoms with Gasteiger partial charge in [0.2, 0.25) is 0 Å². The van der Waals surface area contributed by atoms with Crippen molar-refractivity contribution < 1.29 is 29.3 Å². The van der Waals surface area contributed by atoms with E-state index in [9.17, 15) is 19.8 Å². The van der Waals surface area contributed by atoms with Gasteiger partial charge in [-0.15, -0.1) is 0 Å². The van der Waals surface area contributed by atoms with Gasteiger partial charge >= 0.3 is 11.9 Å². The minimum atomic E-state index is -0.968. The lowest BCUT2D eigenvalue weighted by Crippen LogP contribution is -2.72. The molecular weight excluding hydrogens is 540 g/mol. The Bertz CT molecular complexity index is 1140. The van der Waals surface area contributed by atoms with Crippen molar-refractivity contribution in [2.45, 2.75) is 154 Å². The number of carbonyl (C=O) groups excluding carboxylic acids is 2. The van der Waals surface area contributed by atoms with E-state index in [1.807, 2.05) is 6.92 Å². The van der Waals surface area contributed by atoms with Crippen molar-refractivity contribution in [2.75, 3.05) is 0 Å². The molecule has 2 N–H and O–H groups in total. The van der Waals surface area contributed by atoms with Gasteiger partial charge in [-0.05, 0) is 68.1 Å². The Hall–Kier alpha value is -2.50. The number of esters is 2. The average Bonchev–Trinajstić information content (AvgIpc) is 3.25. The molecule has 0 radical (unpaired) electrons. The van der Waals surface area contributed by atoms with Crippen LogP contribution in [0.15, 0.2) is 29.8 Å². The van der Waals surface area contributed by atoms with E-state index in [4.69, 9.17) is 9.47 Å². The molecule has 4 atom stereocenters. The maximum Gasteiger partial charge on any atom is 0.342 e. The third kappa shape index (κ3) is 7.60. The van der Waals surface area contributed by atoms with Gasteiger partial charge in [0.15, 0.2) is 11.2 Å². The second kappa shape index (κ2) is 14.5. The first-order valence-electron chi connectivity index (χ1n) is 17.2. The van der Waals surface area contributed by atoms with Crippen molar-refractivity contribution in [1.29, 1.82) is 0 Å². The molecule has 0 aromatic heterocycles. The molecule has 0 unspecified atom stereocenters. The molecule has 0 amide bonds. The Kier molecular flexibility index (Phi) is 11.3. The fraction of sp³-hybridized carbons (Fsp3) is 0.730.